The van der Waals surface area contributed by atoms with Gasteiger partial charge in [-0.3, -0.25) is 0 Å². The molecule has 0 bridgehead atoms. The normalized spacial score (nSPS) is 12.0. The average Bonchev–Trinajstić information content (AvgIpc) is 1.87. The average molecular weight is 120 g/mol. The number of rotatable bonds is 3. The Labute approximate surface area is 48.6 Å². The van der Waals surface area contributed by atoms with E-state index in [1.165, 1.54) is 0 Å². The molecule has 0 unspecified atom stereocenters. The van der Waals surface area contributed by atoms with Gasteiger partial charge in [0.15, 0.2) is 0 Å². The number of aliphatic hydroxyl groups is 3. The van der Waals surface area contributed by atoms with E-state index >= 15 is 0 Å². The molecule has 0 aromatic carbocycles. The van der Waals surface area contributed by atoms with Crippen LogP contribution in [0.3, 0.4) is 0 Å². The molecule has 0 radical (unpaired) electrons. The maximum absolute atomic E-state index is 8.94. The van der Waals surface area contributed by atoms with Crippen LogP contribution in [0.2, 0.25) is 0 Å². The van der Waals surface area contributed by atoms with Crippen molar-refractivity contribution in [1.29, 1.82) is 0 Å². The van der Waals surface area contributed by atoms with E-state index in [0.29, 0.717) is 6.42 Å². The second-order valence-electron chi connectivity index (χ2n) is 1.89. The van der Waals surface area contributed by atoms with E-state index in [1.54, 1.807) is 6.92 Å². The third kappa shape index (κ3) is 1.78. The molecule has 0 rings (SSSR count). The Kier molecular flexibility index (Phi) is 2.97. The topological polar surface area (TPSA) is 60.7 Å². The van der Waals surface area contributed by atoms with E-state index in [9.17, 15) is 0 Å². The van der Waals surface area contributed by atoms with Crippen LogP contribution in [0.5, 0.6) is 0 Å². The van der Waals surface area contributed by atoms with E-state index in [-0.39, 0.29) is 13.2 Å². The molecule has 0 amide bonds. The first-order chi connectivity index (χ1) is 3.68. The highest BCUT2D eigenvalue weighted by atomic mass is 16.4. The van der Waals surface area contributed by atoms with Crippen LogP contribution in [-0.4, -0.2) is 34.1 Å². The van der Waals surface area contributed by atoms with Crippen LogP contribution < -0.4 is 0 Å². The molecule has 0 atom stereocenters. The maximum Gasteiger partial charge on any atom is 0.110 e. The summed E-state index contributed by atoms with van der Waals surface area (Å²) in [6.07, 6.45) is 0.375. The molecular weight excluding hydrogens is 108 g/mol. The Morgan fingerprint density at radius 2 is 1.62 bits per heavy atom. The Bertz CT molecular complexity index is 50.4. The minimum Gasteiger partial charge on any atom is -0.393 e. The fourth-order valence-corrected chi connectivity index (χ4v) is 0.274. The lowest BCUT2D eigenvalue weighted by molar-refractivity contribution is -0.0568. The quantitative estimate of drug-likeness (QED) is 0.453. The second kappa shape index (κ2) is 3.02. The lowest BCUT2D eigenvalue weighted by Gasteiger charge is -2.19. The van der Waals surface area contributed by atoms with Crippen LogP contribution in [0.4, 0.5) is 0 Å². The SMILES string of the molecule is CCC(O)(CO)CO. The summed E-state index contributed by atoms with van der Waals surface area (Å²) in [5.74, 6) is 0. The first kappa shape index (κ1) is 7.88. The Hall–Kier alpha value is -0.120. The van der Waals surface area contributed by atoms with Gasteiger partial charge < -0.3 is 15.3 Å². The first-order valence-electron chi connectivity index (χ1n) is 2.62. The minimum absolute atomic E-state index is 0.375. The summed E-state index contributed by atoms with van der Waals surface area (Å²) in [6.45, 7) is 0.951. The third-order valence-electron chi connectivity index (χ3n) is 1.25. The monoisotopic (exact) mass is 120 g/mol. The smallest absolute Gasteiger partial charge is 0.110 e. The summed E-state index contributed by atoms with van der Waals surface area (Å²) in [6, 6.07) is 0. The summed E-state index contributed by atoms with van der Waals surface area (Å²) in [4.78, 5) is 0. The van der Waals surface area contributed by atoms with Gasteiger partial charge in [0.05, 0.1) is 13.2 Å². The van der Waals surface area contributed by atoms with Gasteiger partial charge in [-0.2, -0.15) is 0 Å². The molecule has 0 spiro atoms. The zero-order valence-corrected chi connectivity index (χ0v) is 4.96. The Balaban J connectivity index is 3.58. The number of hydrogen-bond acceptors (Lipinski definition) is 3. The van der Waals surface area contributed by atoms with Crippen molar-refractivity contribution >= 4 is 0 Å². The Morgan fingerprint density at radius 1 is 1.25 bits per heavy atom. The fourth-order valence-electron chi connectivity index (χ4n) is 0.274. The van der Waals surface area contributed by atoms with Gasteiger partial charge in [0, 0.05) is 0 Å². The molecule has 0 heterocycles. The highest BCUT2D eigenvalue weighted by Crippen LogP contribution is 2.05. The van der Waals surface area contributed by atoms with Crippen LogP contribution in [0, 0.1) is 0 Å². The molecule has 50 valence electrons. The fraction of sp³-hybridized carbons (Fsp3) is 1.00. The molecule has 0 aromatic rings. The van der Waals surface area contributed by atoms with Crippen molar-refractivity contribution in [2.24, 2.45) is 0 Å². The van der Waals surface area contributed by atoms with Crippen LogP contribution >= 0.6 is 0 Å². The molecule has 8 heavy (non-hydrogen) atoms. The Morgan fingerprint density at radius 3 is 1.62 bits per heavy atom. The summed E-state index contributed by atoms with van der Waals surface area (Å²) < 4.78 is 0. The van der Waals surface area contributed by atoms with Crippen LogP contribution in [0.1, 0.15) is 13.3 Å². The summed E-state index contributed by atoms with van der Waals surface area (Å²) >= 11 is 0. The van der Waals surface area contributed by atoms with Crippen molar-refractivity contribution in [1.82, 2.24) is 0 Å². The van der Waals surface area contributed by atoms with Crippen molar-refractivity contribution < 1.29 is 15.3 Å². The second-order valence-corrected chi connectivity index (χ2v) is 1.89. The van der Waals surface area contributed by atoms with Crippen molar-refractivity contribution in [3.63, 3.8) is 0 Å². The standard InChI is InChI=1S/C5H12O3/c1-2-5(8,3-6)4-7/h6-8H,2-4H2,1H3. The first-order valence-corrected chi connectivity index (χ1v) is 2.62. The minimum atomic E-state index is -1.26. The molecule has 0 aromatic heterocycles. The summed E-state index contributed by atoms with van der Waals surface area (Å²) in [5, 5.41) is 25.7. The van der Waals surface area contributed by atoms with Crippen molar-refractivity contribution in [2.45, 2.75) is 18.9 Å². The van der Waals surface area contributed by atoms with E-state index in [0.717, 1.165) is 0 Å². The van der Waals surface area contributed by atoms with Crippen LogP contribution in [-0.2, 0) is 0 Å². The highest BCUT2D eigenvalue weighted by molar-refractivity contribution is 4.72. The largest absolute Gasteiger partial charge is 0.393 e. The molecule has 0 aliphatic heterocycles. The van der Waals surface area contributed by atoms with Crippen molar-refractivity contribution in [2.75, 3.05) is 13.2 Å². The van der Waals surface area contributed by atoms with Gasteiger partial charge in [-0.15, -0.1) is 0 Å². The van der Waals surface area contributed by atoms with E-state index in [2.05, 4.69) is 0 Å². The van der Waals surface area contributed by atoms with E-state index in [4.69, 9.17) is 15.3 Å². The van der Waals surface area contributed by atoms with Gasteiger partial charge in [0.2, 0.25) is 0 Å². The predicted molar refractivity (Wildman–Crippen MR) is 29.4 cm³/mol. The molecule has 3 heteroatoms. The van der Waals surface area contributed by atoms with Gasteiger partial charge in [-0.05, 0) is 6.42 Å². The molecule has 3 N–H and O–H groups in total. The van der Waals surface area contributed by atoms with E-state index < -0.39 is 5.60 Å². The predicted octanol–water partition coefficient (Wildman–Crippen LogP) is -0.888. The lowest BCUT2D eigenvalue weighted by atomic mass is 10.0. The van der Waals surface area contributed by atoms with Gasteiger partial charge in [0.25, 0.3) is 0 Å². The summed E-state index contributed by atoms with van der Waals surface area (Å²) in [7, 11) is 0. The zero-order chi connectivity index (χ0) is 6.62. The zero-order valence-electron chi connectivity index (χ0n) is 4.96. The highest BCUT2D eigenvalue weighted by Gasteiger charge is 2.21. The molecule has 0 saturated heterocycles. The van der Waals surface area contributed by atoms with Crippen LogP contribution in [0.25, 0.3) is 0 Å². The third-order valence-corrected chi connectivity index (χ3v) is 1.25. The van der Waals surface area contributed by atoms with Gasteiger partial charge >= 0.3 is 0 Å². The van der Waals surface area contributed by atoms with Crippen LogP contribution in [0.15, 0.2) is 0 Å². The number of hydrogen-bond donors (Lipinski definition) is 3. The van der Waals surface area contributed by atoms with Gasteiger partial charge in [-0.1, -0.05) is 6.92 Å². The molecule has 0 aliphatic carbocycles. The molecule has 3 nitrogen and oxygen atoms in total. The summed E-state index contributed by atoms with van der Waals surface area (Å²) in [5.41, 5.74) is -1.26. The van der Waals surface area contributed by atoms with E-state index in [1.807, 2.05) is 0 Å². The molecule has 0 saturated carbocycles. The van der Waals surface area contributed by atoms with Gasteiger partial charge in [0.1, 0.15) is 5.60 Å². The molecule has 0 aliphatic rings. The van der Waals surface area contributed by atoms with Gasteiger partial charge in [-0.25, -0.2) is 0 Å². The van der Waals surface area contributed by atoms with Crippen molar-refractivity contribution in [3.05, 3.63) is 0 Å². The number of aliphatic hydroxyl groups excluding tert-OH is 2. The molecule has 0 fully saturated rings. The molecular formula is C5H12O3. The maximum atomic E-state index is 8.94. The van der Waals surface area contributed by atoms with Crippen molar-refractivity contribution in [3.8, 4) is 0 Å². The lowest BCUT2D eigenvalue weighted by Crippen LogP contribution is -2.36.